The molecule has 11 rings (SSSR count). The van der Waals surface area contributed by atoms with Gasteiger partial charge >= 0.3 is 0 Å². The Morgan fingerprint density at radius 3 is 1.89 bits per heavy atom. The van der Waals surface area contributed by atoms with Gasteiger partial charge in [-0.15, -0.1) is 11.3 Å². The first kappa shape index (κ1) is 31.6. The van der Waals surface area contributed by atoms with Gasteiger partial charge in [-0.3, -0.25) is 0 Å². The maximum absolute atomic E-state index is 6.27. The second kappa shape index (κ2) is 12.9. The summed E-state index contributed by atoms with van der Waals surface area (Å²) in [6.45, 7) is 0. The Balaban J connectivity index is 1.11. The number of nitrogens with zero attached hydrogens (tertiary/aromatic N) is 1. The van der Waals surface area contributed by atoms with Gasteiger partial charge in [0, 0.05) is 47.9 Å². The average molecular weight is 720 g/mol. The lowest BCUT2D eigenvalue weighted by molar-refractivity contribution is 0.669. The normalized spacial score (nSPS) is 11.6. The van der Waals surface area contributed by atoms with Crippen molar-refractivity contribution >= 4 is 81.3 Å². The molecule has 9 aromatic carbocycles. The first-order chi connectivity index (χ1) is 27.2. The van der Waals surface area contributed by atoms with Gasteiger partial charge in [0.25, 0.3) is 0 Å². The van der Waals surface area contributed by atoms with Gasteiger partial charge in [0.05, 0.1) is 5.69 Å². The van der Waals surface area contributed by atoms with Gasteiger partial charge in [-0.05, 0) is 93.2 Å². The van der Waals surface area contributed by atoms with Gasteiger partial charge in [-0.1, -0.05) is 146 Å². The first-order valence-corrected chi connectivity index (χ1v) is 19.5. The van der Waals surface area contributed by atoms with E-state index in [1.807, 2.05) is 23.5 Å². The summed E-state index contributed by atoms with van der Waals surface area (Å²) in [6.07, 6.45) is 0. The van der Waals surface area contributed by atoms with E-state index in [0.29, 0.717) is 0 Å². The van der Waals surface area contributed by atoms with Crippen LogP contribution in [0.4, 0.5) is 17.1 Å². The third-order valence-electron chi connectivity index (χ3n) is 10.9. The van der Waals surface area contributed by atoms with Gasteiger partial charge in [0.1, 0.15) is 11.2 Å². The van der Waals surface area contributed by atoms with Crippen LogP contribution in [0.25, 0.3) is 86.3 Å². The Hall–Kier alpha value is -6.94. The second-order valence-electron chi connectivity index (χ2n) is 14.1. The van der Waals surface area contributed by atoms with E-state index < -0.39 is 0 Å². The van der Waals surface area contributed by atoms with E-state index in [-0.39, 0.29) is 0 Å². The molecule has 0 aliphatic rings. The van der Waals surface area contributed by atoms with Crippen molar-refractivity contribution in [3.05, 3.63) is 200 Å². The Bertz CT molecular complexity index is 3200. The largest absolute Gasteiger partial charge is 0.456 e. The number of rotatable bonds is 6. The van der Waals surface area contributed by atoms with Crippen molar-refractivity contribution < 1.29 is 4.42 Å². The van der Waals surface area contributed by atoms with Crippen molar-refractivity contribution in [1.82, 2.24) is 0 Å². The maximum Gasteiger partial charge on any atom is 0.136 e. The van der Waals surface area contributed by atoms with Crippen LogP contribution in [-0.2, 0) is 0 Å². The molecule has 258 valence electrons. The zero-order valence-electron chi connectivity index (χ0n) is 29.8. The predicted octanol–water partition coefficient (Wildman–Crippen LogP) is 15.6. The van der Waals surface area contributed by atoms with Crippen molar-refractivity contribution in [3.63, 3.8) is 0 Å². The lowest BCUT2D eigenvalue weighted by Crippen LogP contribution is -2.11. The predicted molar refractivity (Wildman–Crippen MR) is 235 cm³/mol. The van der Waals surface area contributed by atoms with Gasteiger partial charge in [0.15, 0.2) is 0 Å². The quantitative estimate of drug-likeness (QED) is 0.170. The van der Waals surface area contributed by atoms with Gasteiger partial charge < -0.3 is 9.32 Å². The van der Waals surface area contributed by atoms with Crippen molar-refractivity contribution in [3.8, 4) is 33.4 Å². The Morgan fingerprint density at radius 1 is 0.345 bits per heavy atom. The maximum atomic E-state index is 6.27. The summed E-state index contributed by atoms with van der Waals surface area (Å²) in [5.74, 6) is 0. The van der Waals surface area contributed by atoms with Crippen LogP contribution >= 0.6 is 11.3 Å². The minimum atomic E-state index is 0.902. The summed E-state index contributed by atoms with van der Waals surface area (Å²) in [7, 11) is 0. The fourth-order valence-electron chi connectivity index (χ4n) is 8.21. The van der Waals surface area contributed by atoms with E-state index in [0.717, 1.165) is 50.1 Å². The lowest BCUT2D eigenvalue weighted by Gasteiger charge is -2.29. The smallest absolute Gasteiger partial charge is 0.136 e. The third-order valence-corrected chi connectivity index (χ3v) is 12.0. The fourth-order valence-corrected chi connectivity index (χ4v) is 9.35. The number of hydrogen-bond acceptors (Lipinski definition) is 3. The first-order valence-electron chi connectivity index (χ1n) is 18.7. The standard InChI is InChI=1S/C52H33NOS/c1-2-11-36(12-3-1)43-28-24-38(42-18-10-14-35-13-4-5-15-41(35)42)31-48(43)53(40-27-30-47-46-17-7-9-20-51(46)55-52(47)33-40)39-25-21-34(22-26-39)37-23-29-45-44-16-6-8-19-49(44)54-50(45)32-37/h1-33H. The molecule has 0 spiro atoms. The van der Waals surface area contributed by atoms with Crippen LogP contribution in [0, 0.1) is 0 Å². The summed E-state index contributed by atoms with van der Waals surface area (Å²) in [6, 6.07) is 72.4. The summed E-state index contributed by atoms with van der Waals surface area (Å²) in [4.78, 5) is 2.44. The molecule has 2 nitrogen and oxygen atoms in total. The summed E-state index contributed by atoms with van der Waals surface area (Å²) < 4.78 is 8.84. The molecule has 0 amide bonds. The van der Waals surface area contributed by atoms with Crippen LogP contribution in [-0.4, -0.2) is 0 Å². The molecule has 0 saturated heterocycles. The molecule has 2 aromatic heterocycles. The number of furan rings is 1. The fraction of sp³-hybridized carbons (Fsp3) is 0. The van der Waals surface area contributed by atoms with E-state index in [4.69, 9.17) is 4.42 Å². The van der Waals surface area contributed by atoms with E-state index in [1.54, 1.807) is 0 Å². The second-order valence-corrected chi connectivity index (χ2v) is 15.2. The van der Waals surface area contributed by atoms with Crippen molar-refractivity contribution in [2.75, 3.05) is 4.90 Å². The van der Waals surface area contributed by atoms with Crippen LogP contribution in [0.3, 0.4) is 0 Å². The zero-order valence-corrected chi connectivity index (χ0v) is 30.6. The number of para-hydroxylation sites is 1. The van der Waals surface area contributed by atoms with Gasteiger partial charge in [-0.25, -0.2) is 0 Å². The van der Waals surface area contributed by atoms with E-state index in [2.05, 4.69) is 193 Å². The molecule has 0 unspecified atom stereocenters. The molecule has 0 saturated carbocycles. The third kappa shape index (κ3) is 5.40. The molecule has 0 aliphatic heterocycles. The highest BCUT2D eigenvalue weighted by Gasteiger charge is 2.21. The molecule has 0 fully saturated rings. The molecule has 55 heavy (non-hydrogen) atoms. The molecular formula is C52H33NOS. The molecule has 0 atom stereocenters. The van der Waals surface area contributed by atoms with E-state index in [9.17, 15) is 0 Å². The molecule has 0 bridgehead atoms. The summed E-state index contributed by atoms with van der Waals surface area (Å²) in [5.41, 5.74) is 12.1. The molecule has 2 heterocycles. The number of anilines is 3. The number of fused-ring (bicyclic) bond motifs is 7. The average Bonchev–Trinajstić information content (AvgIpc) is 3.82. The highest BCUT2D eigenvalue weighted by Crippen LogP contribution is 2.46. The van der Waals surface area contributed by atoms with Crippen LogP contribution < -0.4 is 4.90 Å². The van der Waals surface area contributed by atoms with Crippen LogP contribution in [0.15, 0.2) is 205 Å². The SMILES string of the molecule is c1ccc(-c2ccc(-c3cccc4ccccc34)cc2N(c2ccc(-c3ccc4c(c3)oc3ccccc34)cc2)c2ccc3c(c2)sc2ccccc23)cc1. The highest BCUT2D eigenvalue weighted by molar-refractivity contribution is 7.25. The van der Waals surface area contributed by atoms with Crippen LogP contribution in [0.2, 0.25) is 0 Å². The molecule has 0 N–H and O–H groups in total. The van der Waals surface area contributed by atoms with E-state index >= 15 is 0 Å². The molecule has 3 heteroatoms. The molecular weight excluding hydrogens is 687 g/mol. The summed E-state index contributed by atoms with van der Waals surface area (Å²) >= 11 is 1.85. The number of benzene rings is 9. The Kier molecular flexibility index (Phi) is 7.39. The summed E-state index contributed by atoms with van der Waals surface area (Å²) in [5, 5.41) is 7.34. The monoisotopic (exact) mass is 719 g/mol. The van der Waals surface area contributed by atoms with Crippen molar-refractivity contribution in [1.29, 1.82) is 0 Å². The Labute approximate surface area is 322 Å². The van der Waals surface area contributed by atoms with Crippen LogP contribution in [0.1, 0.15) is 0 Å². The Morgan fingerprint density at radius 2 is 1.00 bits per heavy atom. The van der Waals surface area contributed by atoms with Gasteiger partial charge in [0.2, 0.25) is 0 Å². The van der Waals surface area contributed by atoms with Crippen LogP contribution in [0.5, 0.6) is 0 Å². The minimum Gasteiger partial charge on any atom is -0.456 e. The molecule has 0 radical (unpaired) electrons. The van der Waals surface area contributed by atoms with E-state index in [1.165, 1.54) is 53.2 Å². The van der Waals surface area contributed by atoms with Crippen molar-refractivity contribution in [2.45, 2.75) is 0 Å². The number of hydrogen-bond donors (Lipinski definition) is 0. The number of thiophene rings is 1. The van der Waals surface area contributed by atoms with Gasteiger partial charge in [-0.2, -0.15) is 0 Å². The molecule has 0 aliphatic carbocycles. The topological polar surface area (TPSA) is 16.4 Å². The minimum absolute atomic E-state index is 0.902. The lowest BCUT2D eigenvalue weighted by atomic mass is 9.94. The highest BCUT2D eigenvalue weighted by atomic mass is 32.1. The zero-order chi connectivity index (χ0) is 36.3. The molecule has 11 aromatic rings. The van der Waals surface area contributed by atoms with Crippen molar-refractivity contribution in [2.24, 2.45) is 0 Å².